The quantitative estimate of drug-likeness (QED) is 0.741. The van der Waals surface area contributed by atoms with E-state index in [9.17, 15) is 8.42 Å². The lowest BCUT2D eigenvalue weighted by molar-refractivity contribution is 0.249. The first-order valence-electron chi connectivity index (χ1n) is 5.35. The van der Waals surface area contributed by atoms with Gasteiger partial charge in [0.1, 0.15) is 0 Å². The molecule has 0 amide bonds. The van der Waals surface area contributed by atoms with E-state index in [0.717, 1.165) is 0 Å². The van der Waals surface area contributed by atoms with Gasteiger partial charge in [-0.3, -0.25) is 0 Å². The van der Waals surface area contributed by atoms with E-state index in [1.165, 1.54) is 4.31 Å². The minimum atomic E-state index is -3.25. The summed E-state index contributed by atoms with van der Waals surface area (Å²) in [5, 5.41) is 3.31. The Hall–Kier alpha value is -0.170. The molecule has 0 radical (unpaired) electrons. The van der Waals surface area contributed by atoms with E-state index in [0.29, 0.717) is 19.6 Å². The van der Waals surface area contributed by atoms with Crippen molar-refractivity contribution in [1.29, 1.82) is 0 Å². The summed E-state index contributed by atoms with van der Waals surface area (Å²) in [6, 6.07) is 0.433. The maximum atomic E-state index is 12.0. The Morgan fingerprint density at radius 3 is 2.20 bits per heavy atom. The third-order valence-electron chi connectivity index (χ3n) is 2.69. The Balaban J connectivity index is 2.79. The third kappa shape index (κ3) is 2.90. The molecule has 1 aliphatic rings. The first-order chi connectivity index (χ1) is 6.87. The van der Waals surface area contributed by atoms with E-state index in [-0.39, 0.29) is 12.1 Å². The molecule has 0 bridgehead atoms. The summed E-state index contributed by atoms with van der Waals surface area (Å²) in [7, 11) is -1.63. The van der Waals surface area contributed by atoms with Crippen molar-refractivity contribution in [2.75, 3.05) is 26.7 Å². The van der Waals surface area contributed by atoms with Crippen LogP contribution in [-0.4, -0.2) is 55.8 Å². The molecular formula is C9H21N3O2S. The summed E-state index contributed by atoms with van der Waals surface area (Å²) in [6.07, 6.45) is 0. The van der Waals surface area contributed by atoms with Gasteiger partial charge in [-0.05, 0) is 13.8 Å². The van der Waals surface area contributed by atoms with Crippen LogP contribution < -0.4 is 5.32 Å². The molecule has 15 heavy (non-hydrogen) atoms. The first-order valence-corrected chi connectivity index (χ1v) is 6.75. The summed E-state index contributed by atoms with van der Waals surface area (Å²) in [5.41, 5.74) is 0. The van der Waals surface area contributed by atoms with Gasteiger partial charge in [0.2, 0.25) is 0 Å². The van der Waals surface area contributed by atoms with Crippen LogP contribution in [0.1, 0.15) is 20.8 Å². The molecule has 1 N–H and O–H groups in total. The summed E-state index contributed by atoms with van der Waals surface area (Å²) in [5.74, 6) is 0. The van der Waals surface area contributed by atoms with Gasteiger partial charge >= 0.3 is 0 Å². The third-order valence-corrected chi connectivity index (χ3v) is 4.69. The van der Waals surface area contributed by atoms with Crippen LogP contribution in [0.3, 0.4) is 0 Å². The second-order valence-electron chi connectivity index (χ2n) is 4.21. The van der Waals surface area contributed by atoms with Crippen LogP contribution in [0, 0.1) is 0 Å². The summed E-state index contributed by atoms with van der Waals surface area (Å²) in [4.78, 5) is 0. The molecule has 5 nitrogen and oxygen atoms in total. The zero-order valence-electron chi connectivity index (χ0n) is 9.90. The Kier molecular flexibility index (Phi) is 4.11. The number of nitrogens with one attached hydrogen (secondary N) is 1. The van der Waals surface area contributed by atoms with Crippen molar-refractivity contribution < 1.29 is 8.42 Å². The molecule has 0 saturated carbocycles. The van der Waals surface area contributed by atoms with Crippen molar-refractivity contribution in [3.05, 3.63) is 0 Å². The summed E-state index contributed by atoms with van der Waals surface area (Å²) >= 11 is 0. The maximum absolute atomic E-state index is 12.0. The topological polar surface area (TPSA) is 52.7 Å². The van der Waals surface area contributed by atoms with Crippen molar-refractivity contribution in [2.45, 2.75) is 32.9 Å². The normalized spacial score (nSPS) is 29.7. The van der Waals surface area contributed by atoms with Gasteiger partial charge in [0.15, 0.2) is 0 Å². The molecule has 0 aromatic carbocycles. The average molecular weight is 235 g/mol. The van der Waals surface area contributed by atoms with Gasteiger partial charge in [0, 0.05) is 38.8 Å². The molecule has 0 spiro atoms. The van der Waals surface area contributed by atoms with E-state index < -0.39 is 10.2 Å². The van der Waals surface area contributed by atoms with E-state index in [1.54, 1.807) is 11.4 Å². The molecule has 0 aromatic rings. The molecule has 90 valence electrons. The highest BCUT2D eigenvalue weighted by atomic mass is 32.2. The number of hydrogen-bond acceptors (Lipinski definition) is 3. The van der Waals surface area contributed by atoms with Gasteiger partial charge in [-0.1, -0.05) is 6.92 Å². The fraction of sp³-hybridized carbons (Fsp3) is 1.00. The van der Waals surface area contributed by atoms with Gasteiger partial charge in [-0.15, -0.1) is 0 Å². The minimum Gasteiger partial charge on any atom is -0.309 e. The monoisotopic (exact) mass is 235 g/mol. The van der Waals surface area contributed by atoms with Crippen molar-refractivity contribution >= 4 is 10.2 Å². The van der Waals surface area contributed by atoms with Crippen molar-refractivity contribution in [2.24, 2.45) is 0 Å². The van der Waals surface area contributed by atoms with E-state index in [1.807, 2.05) is 20.8 Å². The fourth-order valence-electron chi connectivity index (χ4n) is 1.83. The van der Waals surface area contributed by atoms with Crippen LogP contribution in [0.5, 0.6) is 0 Å². The highest BCUT2D eigenvalue weighted by molar-refractivity contribution is 7.86. The predicted molar refractivity (Wildman–Crippen MR) is 60.9 cm³/mol. The van der Waals surface area contributed by atoms with Crippen molar-refractivity contribution in [1.82, 2.24) is 13.9 Å². The SMILES string of the molecule is CCN(C)S(=O)(=O)N1CC(C)NC(C)C1. The zero-order valence-corrected chi connectivity index (χ0v) is 10.7. The van der Waals surface area contributed by atoms with E-state index >= 15 is 0 Å². The first kappa shape index (κ1) is 12.9. The van der Waals surface area contributed by atoms with Crippen LogP contribution in [0.25, 0.3) is 0 Å². The number of hydrogen-bond donors (Lipinski definition) is 1. The van der Waals surface area contributed by atoms with Gasteiger partial charge < -0.3 is 5.32 Å². The Bertz CT molecular complexity index is 294. The maximum Gasteiger partial charge on any atom is 0.281 e. The van der Waals surface area contributed by atoms with E-state index in [2.05, 4.69) is 5.32 Å². The molecule has 1 heterocycles. The molecule has 0 aromatic heterocycles. The standard InChI is InChI=1S/C9H21N3O2S/c1-5-11(4)15(13,14)12-6-8(2)10-9(3)7-12/h8-10H,5-7H2,1-4H3. The smallest absolute Gasteiger partial charge is 0.281 e. The number of rotatable bonds is 3. The summed E-state index contributed by atoms with van der Waals surface area (Å²) in [6.45, 7) is 7.46. The average Bonchev–Trinajstić information content (AvgIpc) is 2.15. The Labute approximate surface area is 92.6 Å². The summed E-state index contributed by atoms with van der Waals surface area (Å²) < 4.78 is 27.0. The van der Waals surface area contributed by atoms with Crippen LogP contribution >= 0.6 is 0 Å². The lowest BCUT2D eigenvalue weighted by Crippen LogP contribution is -2.58. The van der Waals surface area contributed by atoms with Crippen LogP contribution in [0.15, 0.2) is 0 Å². The van der Waals surface area contributed by atoms with Gasteiger partial charge in [-0.2, -0.15) is 17.0 Å². The molecule has 0 aliphatic carbocycles. The van der Waals surface area contributed by atoms with Crippen LogP contribution in [-0.2, 0) is 10.2 Å². The molecule has 2 unspecified atom stereocenters. The van der Waals surface area contributed by atoms with Gasteiger partial charge in [0.25, 0.3) is 10.2 Å². The van der Waals surface area contributed by atoms with Crippen LogP contribution in [0.2, 0.25) is 0 Å². The van der Waals surface area contributed by atoms with E-state index in [4.69, 9.17) is 0 Å². The number of nitrogens with zero attached hydrogens (tertiary/aromatic N) is 2. The lowest BCUT2D eigenvalue weighted by Gasteiger charge is -2.36. The second-order valence-corrected chi connectivity index (χ2v) is 6.24. The highest BCUT2D eigenvalue weighted by Crippen LogP contribution is 2.12. The molecule has 1 fully saturated rings. The second kappa shape index (κ2) is 4.78. The Morgan fingerprint density at radius 1 is 1.33 bits per heavy atom. The fourth-order valence-corrected chi connectivity index (χ4v) is 3.37. The van der Waals surface area contributed by atoms with Gasteiger partial charge in [0.05, 0.1) is 0 Å². The zero-order chi connectivity index (χ0) is 11.6. The largest absolute Gasteiger partial charge is 0.309 e. The van der Waals surface area contributed by atoms with Gasteiger partial charge in [-0.25, -0.2) is 0 Å². The molecule has 1 aliphatic heterocycles. The predicted octanol–water partition coefficient (Wildman–Crippen LogP) is -0.135. The van der Waals surface area contributed by atoms with Crippen molar-refractivity contribution in [3.8, 4) is 0 Å². The molecular weight excluding hydrogens is 214 g/mol. The van der Waals surface area contributed by atoms with Crippen molar-refractivity contribution in [3.63, 3.8) is 0 Å². The highest BCUT2D eigenvalue weighted by Gasteiger charge is 2.32. The molecule has 1 rings (SSSR count). The molecule has 6 heteroatoms. The number of piperazine rings is 1. The minimum absolute atomic E-state index is 0.216. The molecule has 2 atom stereocenters. The van der Waals surface area contributed by atoms with Crippen LogP contribution in [0.4, 0.5) is 0 Å². The lowest BCUT2D eigenvalue weighted by atomic mass is 10.2. The molecule has 1 saturated heterocycles. The Morgan fingerprint density at radius 2 is 1.80 bits per heavy atom.